The van der Waals surface area contributed by atoms with Crippen molar-refractivity contribution in [2.75, 3.05) is 0 Å². The average Bonchev–Trinajstić information content (AvgIpc) is 3.44. The summed E-state index contributed by atoms with van der Waals surface area (Å²) in [5.41, 5.74) is -2.33. The SMILES string of the molecule is [C-]#[N+]/C(C#N)=C1\C(F)=C(C#N)c2c1c(-c1ccccc1)c1c(c2-c2ccccc2)C(=C(C#N)C#N)C(F)=C1C#N. The third-order valence-corrected chi connectivity index (χ3v) is 6.65. The van der Waals surface area contributed by atoms with Crippen molar-refractivity contribution in [3.8, 4) is 52.6 Å². The monoisotopic (exact) mass is 516 g/mol. The molecule has 2 aliphatic rings. The molecule has 0 aliphatic heterocycles. The Kier molecular flexibility index (Phi) is 6.09. The van der Waals surface area contributed by atoms with E-state index in [4.69, 9.17) is 6.57 Å². The molecule has 0 unspecified atom stereocenters. The van der Waals surface area contributed by atoms with Crippen molar-refractivity contribution in [3.05, 3.63) is 117 Å². The Morgan fingerprint density at radius 2 is 1.00 bits per heavy atom. The van der Waals surface area contributed by atoms with Gasteiger partial charge in [0.1, 0.15) is 35.7 Å². The molecule has 0 saturated carbocycles. The number of rotatable bonds is 2. The molecule has 0 amide bonds. The summed E-state index contributed by atoms with van der Waals surface area (Å²) >= 11 is 0. The van der Waals surface area contributed by atoms with Crippen LogP contribution in [0.25, 0.3) is 49.4 Å². The smallest absolute Gasteiger partial charge is 0.226 e. The summed E-state index contributed by atoms with van der Waals surface area (Å²) in [5.74, 6) is -2.23. The van der Waals surface area contributed by atoms with Crippen molar-refractivity contribution in [3.63, 3.8) is 0 Å². The second-order valence-electron chi connectivity index (χ2n) is 8.50. The van der Waals surface area contributed by atoms with Gasteiger partial charge in [-0.3, -0.25) is 0 Å². The van der Waals surface area contributed by atoms with Crippen LogP contribution in [0.15, 0.2) is 83.6 Å². The number of hydrogen-bond acceptors (Lipinski definition) is 5. The number of halogens is 2. The number of hydrogen-bond donors (Lipinski definition) is 0. The maximum atomic E-state index is 16.1. The molecular formula is C32H10F2N6. The van der Waals surface area contributed by atoms with Crippen molar-refractivity contribution in [1.82, 2.24) is 0 Å². The molecule has 0 heterocycles. The largest absolute Gasteiger partial charge is 0.272 e. The van der Waals surface area contributed by atoms with Crippen LogP contribution in [0, 0.1) is 63.2 Å². The van der Waals surface area contributed by atoms with Gasteiger partial charge in [-0.15, -0.1) is 0 Å². The van der Waals surface area contributed by atoms with E-state index in [1.165, 1.54) is 0 Å². The first kappa shape index (κ1) is 25.1. The standard InChI is InChI=1S/C32H10F2N6/c1-40-22(16-39)28-30-24(18-10-6-3-7-11-18)26-20(14-37)31(33)25(19(12-35)13-36)29(26)23(17-8-4-2-5-9-17)27(30)21(15-38)32(28)34/h2-11H/b28-22-. The molecular weight excluding hydrogens is 506 g/mol. The van der Waals surface area contributed by atoms with Gasteiger partial charge in [0.15, 0.2) is 5.83 Å². The topological polar surface area (TPSA) is 123 Å². The molecule has 0 atom stereocenters. The van der Waals surface area contributed by atoms with E-state index in [0.717, 1.165) is 0 Å². The van der Waals surface area contributed by atoms with Crippen molar-refractivity contribution >= 4 is 22.3 Å². The molecule has 5 rings (SSSR count). The summed E-state index contributed by atoms with van der Waals surface area (Å²) in [6.45, 7) is 7.54. The maximum Gasteiger partial charge on any atom is 0.272 e. The molecule has 2 aliphatic carbocycles. The summed E-state index contributed by atoms with van der Waals surface area (Å²) in [4.78, 5) is 3.20. The third kappa shape index (κ3) is 3.33. The lowest BCUT2D eigenvalue weighted by Crippen LogP contribution is -2.04. The lowest BCUT2D eigenvalue weighted by molar-refractivity contribution is 0.681. The van der Waals surface area contributed by atoms with Crippen LogP contribution >= 0.6 is 0 Å². The normalized spacial score (nSPS) is 14.2. The lowest BCUT2D eigenvalue weighted by Gasteiger charge is -2.22. The van der Waals surface area contributed by atoms with E-state index in [1.807, 2.05) is 12.1 Å². The summed E-state index contributed by atoms with van der Waals surface area (Å²) in [7, 11) is 0. The third-order valence-electron chi connectivity index (χ3n) is 6.65. The Morgan fingerprint density at radius 3 is 1.38 bits per heavy atom. The molecule has 0 spiro atoms. The van der Waals surface area contributed by atoms with Gasteiger partial charge in [0.2, 0.25) is 0 Å². The van der Waals surface area contributed by atoms with Crippen LogP contribution in [0.2, 0.25) is 0 Å². The number of nitriles is 5. The first-order chi connectivity index (χ1) is 19.5. The van der Waals surface area contributed by atoms with E-state index < -0.39 is 45.2 Å². The minimum atomic E-state index is -1.12. The Balaban J connectivity index is 2.23. The van der Waals surface area contributed by atoms with Crippen LogP contribution < -0.4 is 0 Å². The number of allylic oxidation sites excluding steroid dienone is 8. The highest BCUT2D eigenvalue weighted by Crippen LogP contribution is 2.59. The Labute approximate surface area is 227 Å². The molecule has 0 aromatic heterocycles. The van der Waals surface area contributed by atoms with Gasteiger partial charge in [0.05, 0.1) is 23.8 Å². The van der Waals surface area contributed by atoms with Gasteiger partial charge >= 0.3 is 0 Å². The zero-order valence-electron chi connectivity index (χ0n) is 20.2. The van der Waals surface area contributed by atoms with Crippen LogP contribution in [0.1, 0.15) is 22.3 Å². The van der Waals surface area contributed by atoms with E-state index in [0.29, 0.717) is 11.1 Å². The second kappa shape index (κ2) is 9.71. The van der Waals surface area contributed by atoms with E-state index in [9.17, 15) is 26.3 Å². The minimum Gasteiger partial charge on any atom is -0.226 e. The van der Waals surface area contributed by atoms with Gasteiger partial charge in [-0.05, 0) is 27.8 Å². The van der Waals surface area contributed by atoms with Crippen molar-refractivity contribution in [2.24, 2.45) is 0 Å². The highest BCUT2D eigenvalue weighted by atomic mass is 19.1. The molecule has 6 nitrogen and oxygen atoms in total. The molecule has 0 bridgehead atoms. The van der Waals surface area contributed by atoms with Crippen LogP contribution in [0.5, 0.6) is 0 Å². The fraction of sp³-hybridized carbons (Fsp3) is 0. The summed E-state index contributed by atoms with van der Waals surface area (Å²) in [5, 5.41) is 49.5. The summed E-state index contributed by atoms with van der Waals surface area (Å²) in [6.07, 6.45) is 0. The first-order valence-electron chi connectivity index (χ1n) is 11.5. The molecule has 3 aromatic carbocycles. The highest BCUT2D eigenvalue weighted by molar-refractivity contribution is 6.20. The van der Waals surface area contributed by atoms with Gasteiger partial charge in [0.25, 0.3) is 5.70 Å². The van der Waals surface area contributed by atoms with Crippen LogP contribution in [0.4, 0.5) is 8.78 Å². The predicted octanol–water partition coefficient (Wildman–Crippen LogP) is 7.41. The highest BCUT2D eigenvalue weighted by Gasteiger charge is 2.43. The fourth-order valence-electron chi connectivity index (χ4n) is 5.17. The second-order valence-corrected chi connectivity index (χ2v) is 8.50. The van der Waals surface area contributed by atoms with Crippen LogP contribution in [-0.2, 0) is 0 Å². The van der Waals surface area contributed by atoms with Crippen molar-refractivity contribution in [1.29, 1.82) is 26.3 Å². The van der Waals surface area contributed by atoms with E-state index in [1.54, 1.807) is 78.9 Å². The first-order valence-corrected chi connectivity index (χ1v) is 11.5. The summed E-state index contributed by atoms with van der Waals surface area (Å²) < 4.78 is 32.3. The van der Waals surface area contributed by atoms with Gasteiger partial charge in [0, 0.05) is 27.8 Å². The van der Waals surface area contributed by atoms with Gasteiger partial charge in [-0.25, -0.2) is 18.9 Å². The van der Waals surface area contributed by atoms with E-state index >= 15 is 8.78 Å². The zero-order valence-corrected chi connectivity index (χ0v) is 20.2. The van der Waals surface area contributed by atoms with Crippen LogP contribution in [0.3, 0.4) is 0 Å². The Bertz CT molecular complexity index is 1870. The molecule has 182 valence electrons. The minimum absolute atomic E-state index is 0.0253. The quantitative estimate of drug-likeness (QED) is 0.259. The fourth-order valence-corrected chi connectivity index (χ4v) is 5.17. The van der Waals surface area contributed by atoms with Crippen LogP contribution in [-0.4, -0.2) is 0 Å². The van der Waals surface area contributed by atoms with Crippen molar-refractivity contribution in [2.45, 2.75) is 0 Å². The molecule has 3 aromatic rings. The molecule has 8 heteroatoms. The maximum absolute atomic E-state index is 16.1. The van der Waals surface area contributed by atoms with Gasteiger partial charge in [-0.2, -0.15) is 21.0 Å². The Hall–Kier alpha value is -6.58. The van der Waals surface area contributed by atoms with Crippen molar-refractivity contribution < 1.29 is 8.78 Å². The molecule has 0 N–H and O–H groups in total. The van der Waals surface area contributed by atoms with Gasteiger partial charge in [-0.1, -0.05) is 60.7 Å². The molecule has 0 radical (unpaired) electrons. The predicted molar refractivity (Wildman–Crippen MR) is 142 cm³/mol. The summed E-state index contributed by atoms with van der Waals surface area (Å²) in [6, 6.07) is 25.2. The zero-order chi connectivity index (χ0) is 28.6. The van der Waals surface area contributed by atoms with E-state index in [2.05, 4.69) is 4.85 Å². The van der Waals surface area contributed by atoms with E-state index in [-0.39, 0.29) is 33.4 Å². The number of fused-ring (bicyclic) bond motifs is 2. The molecule has 0 fully saturated rings. The Morgan fingerprint density at radius 1 is 0.575 bits per heavy atom. The lowest BCUT2D eigenvalue weighted by atomic mass is 9.78. The molecule has 0 saturated heterocycles. The molecule has 40 heavy (non-hydrogen) atoms. The number of benzene rings is 3. The number of nitrogens with zero attached hydrogens (tertiary/aromatic N) is 6. The van der Waals surface area contributed by atoms with Gasteiger partial charge < -0.3 is 0 Å². The average molecular weight is 516 g/mol.